The van der Waals surface area contributed by atoms with Crippen molar-refractivity contribution >= 4 is 22.6 Å². The van der Waals surface area contributed by atoms with Gasteiger partial charge in [-0.25, -0.2) is 4.79 Å². The Morgan fingerprint density at radius 3 is 2.58 bits per heavy atom. The predicted octanol–water partition coefficient (Wildman–Crippen LogP) is 4.10. The van der Waals surface area contributed by atoms with Gasteiger partial charge in [-0.3, -0.25) is 4.79 Å². The molecule has 1 unspecified atom stereocenters. The van der Waals surface area contributed by atoms with E-state index < -0.39 is 12.0 Å². The van der Waals surface area contributed by atoms with Crippen LogP contribution in [-0.4, -0.2) is 23.4 Å². The van der Waals surface area contributed by atoms with E-state index in [2.05, 4.69) is 0 Å². The van der Waals surface area contributed by atoms with E-state index in [1.165, 1.54) is 0 Å². The molecule has 3 aromatic carbocycles. The molecule has 1 heterocycles. The van der Waals surface area contributed by atoms with E-state index in [-0.39, 0.29) is 12.5 Å². The summed E-state index contributed by atoms with van der Waals surface area (Å²) in [5, 5.41) is 1.99. The lowest BCUT2D eigenvalue weighted by Gasteiger charge is -2.27. The van der Waals surface area contributed by atoms with Crippen LogP contribution in [0.25, 0.3) is 10.8 Å². The number of carbonyl (C=O) groups excluding carboxylic acids is 2. The molecule has 0 aliphatic carbocycles. The summed E-state index contributed by atoms with van der Waals surface area (Å²) in [6.07, 6.45) is 0. The molecular weight excluding hydrogens is 326 g/mol. The Hall–Kier alpha value is -3.14. The number of rotatable bonds is 4. The van der Waals surface area contributed by atoms with Crippen molar-refractivity contribution in [1.82, 2.24) is 4.90 Å². The van der Waals surface area contributed by atoms with Crippen LogP contribution in [0.4, 0.5) is 0 Å². The van der Waals surface area contributed by atoms with E-state index >= 15 is 0 Å². The van der Waals surface area contributed by atoms with Crippen molar-refractivity contribution in [2.24, 2.45) is 0 Å². The maximum atomic E-state index is 13.0. The first-order valence-electron chi connectivity index (χ1n) is 8.74. The Kier molecular flexibility index (Phi) is 4.17. The molecule has 4 heteroatoms. The summed E-state index contributed by atoms with van der Waals surface area (Å²) in [6.45, 7) is 2.45. The number of carbonyl (C=O) groups is 2. The Morgan fingerprint density at radius 1 is 1.04 bits per heavy atom. The zero-order chi connectivity index (χ0) is 18.1. The second-order valence-corrected chi connectivity index (χ2v) is 6.31. The molecule has 4 nitrogen and oxygen atoms in total. The Labute approximate surface area is 152 Å². The van der Waals surface area contributed by atoms with Gasteiger partial charge in [0, 0.05) is 12.1 Å². The number of hydrogen-bond acceptors (Lipinski definition) is 3. The first-order valence-corrected chi connectivity index (χ1v) is 8.74. The third-order valence-corrected chi connectivity index (χ3v) is 4.79. The maximum absolute atomic E-state index is 13.0. The third-order valence-electron chi connectivity index (χ3n) is 4.79. The van der Waals surface area contributed by atoms with Gasteiger partial charge in [0.2, 0.25) is 0 Å². The molecular formula is C22H19NO3. The normalized spacial score (nSPS) is 14.3. The van der Waals surface area contributed by atoms with Gasteiger partial charge in [0.1, 0.15) is 0 Å². The monoisotopic (exact) mass is 345 g/mol. The highest BCUT2D eigenvalue weighted by Crippen LogP contribution is 2.35. The molecule has 1 amide bonds. The van der Waals surface area contributed by atoms with Crippen LogP contribution in [0.5, 0.6) is 0 Å². The second kappa shape index (κ2) is 6.64. The van der Waals surface area contributed by atoms with Crippen LogP contribution in [0.15, 0.2) is 66.7 Å². The fourth-order valence-electron chi connectivity index (χ4n) is 3.62. The van der Waals surface area contributed by atoms with Gasteiger partial charge < -0.3 is 9.64 Å². The quantitative estimate of drug-likeness (QED) is 0.669. The number of hydrogen-bond donors (Lipinski definition) is 0. The van der Waals surface area contributed by atoms with E-state index in [0.29, 0.717) is 12.1 Å². The highest BCUT2D eigenvalue weighted by molar-refractivity contribution is 6.02. The smallest absolute Gasteiger partial charge is 0.333 e. The fourth-order valence-corrected chi connectivity index (χ4v) is 3.62. The average Bonchev–Trinajstić information content (AvgIpc) is 2.99. The maximum Gasteiger partial charge on any atom is 0.333 e. The Bertz CT molecular complexity index is 990. The van der Waals surface area contributed by atoms with Gasteiger partial charge in [-0.05, 0) is 34.9 Å². The highest BCUT2D eigenvalue weighted by atomic mass is 16.5. The molecule has 4 rings (SSSR count). The summed E-state index contributed by atoms with van der Waals surface area (Å²) in [5.41, 5.74) is 2.39. The van der Waals surface area contributed by atoms with Crippen molar-refractivity contribution < 1.29 is 14.3 Å². The highest BCUT2D eigenvalue weighted by Gasteiger charge is 2.38. The van der Waals surface area contributed by atoms with Gasteiger partial charge in [-0.1, -0.05) is 60.7 Å². The van der Waals surface area contributed by atoms with Crippen molar-refractivity contribution in [3.05, 3.63) is 83.4 Å². The Balaban J connectivity index is 1.84. The standard InChI is InChI=1S/C22H19NO3/c1-2-26-22(25)20(19-13-7-10-15-8-3-5-11-17(15)19)23-14-16-9-4-6-12-18(16)21(23)24/h3-13,20H,2,14H2,1H3. The number of amides is 1. The molecule has 0 spiro atoms. The molecule has 1 aliphatic heterocycles. The summed E-state index contributed by atoms with van der Waals surface area (Å²) < 4.78 is 5.33. The number of fused-ring (bicyclic) bond motifs is 2. The van der Waals surface area contributed by atoms with E-state index in [9.17, 15) is 9.59 Å². The van der Waals surface area contributed by atoms with Crippen molar-refractivity contribution in [1.29, 1.82) is 0 Å². The van der Waals surface area contributed by atoms with E-state index in [1.807, 2.05) is 66.7 Å². The summed E-state index contributed by atoms with van der Waals surface area (Å²) >= 11 is 0. The molecule has 0 bridgehead atoms. The molecule has 0 radical (unpaired) electrons. The largest absolute Gasteiger partial charge is 0.464 e. The first kappa shape index (κ1) is 16.3. The minimum absolute atomic E-state index is 0.133. The molecule has 0 saturated heterocycles. The average molecular weight is 345 g/mol. The lowest BCUT2D eigenvalue weighted by atomic mass is 9.97. The number of benzene rings is 3. The van der Waals surface area contributed by atoms with Crippen LogP contribution in [0.1, 0.15) is 34.5 Å². The SMILES string of the molecule is CCOC(=O)C(c1cccc2ccccc12)N1Cc2ccccc2C1=O. The number of nitrogens with zero attached hydrogens (tertiary/aromatic N) is 1. The Morgan fingerprint density at radius 2 is 1.77 bits per heavy atom. The van der Waals surface area contributed by atoms with Gasteiger partial charge in [-0.2, -0.15) is 0 Å². The van der Waals surface area contributed by atoms with Gasteiger partial charge in [0.15, 0.2) is 6.04 Å². The van der Waals surface area contributed by atoms with Crippen molar-refractivity contribution in [3.8, 4) is 0 Å². The molecule has 1 atom stereocenters. The number of esters is 1. The van der Waals surface area contributed by atoms with Crippen LogP contribution < -0.4 is 0 Å². The van der Waals surface area contributed by atoms with Crippen LogP contribution in [-0.2, 0) is 16.1 Å². The van der Waals surface area contributed by atoms with E-state index in [4.69, 9.17) is 4.74 Å². The fraction of sp³-hybridized carbons (Fsp3) is 0.182. The van der Waals surface area contributed by atoms with E-state index in [0.717, 1.165) is 21.9 Å². The van der Waals surface area contributed by atoms with E-state index in [1.54, 1.807) is 11.8 Å². The molecule has 0 aromatic heterocycles. The second-order valence-electron chi connectivity index (χ2n) is 6.31. The summed E-state index contributed by atoms with van der Waals surface area (Å²) in [5.74, 6) is -0.531. The van der Waals surface area contributed by atoms with Crippen LogP contribution in [0, 0.1) is 0 Å². The summed E-state index contributed by atoms with van der Waals surface area (Å²) in [6, 6.07) is 20.4. The molecule has 0 N–H and O–H groups in total. The van der Waals surface area contributed by atoms with Crippen LogP contribution >= 0.6 is 0 Å². The van der Waals surface area contributed by atoms with Gasteiger partial charge >= 0.3 is 5.97 Å². The first-order chi connectivity index (χ1) is 12.7. The minimum atomic E-state index is -0.763. The van der Waals surface area contributed by atoms with Crippen LogP contribution in [0.3, 0.4) is 0 Å². The van der Waals surface area contributed by atoms with Crippen molar-refractivity contribution in [3.63, 3.8) is 0 Å². The zero-order valence-corrected chi connectivity index (χ0v) is 14.5. The molecule has 26 heavy (non-hydrogen) atoms. The third kappa shape index (κ3) is 2.64. The predicted molar refractivity (Wildman–Crippen MR) is 99.6 cm³/mol. The molecule has 130 valence electrons. The minimum Gasteiger partial charge on any atom is -0.464 e. The van der Waals surface area contributed by atoms with Crippen LogP contribution in [0.2, 0.25) is 0 Å². The van der Waals surface area contributed by atoms with Gasteiger partial charge in [0.05, 0.1) is 6.61 Å². The molecule has 3 aromatic rings. The van der Waals surface area contributed by atoms with Gasteiger partial charge in [-0.15, -0.1) is 0 Å². The zero-order valence-electron chi connectivity index (χ0n) is 14.5. The number of ether oxygens (including phenoxy) is 1. The molecule has 0 saturated carbocycles. The summed E-state index contributed by atoms with van der Waals surface area (Å²) in [7, 11) is 0. The lowest BCUT2D eigenvalue weighted by Crippen LogP contribution is -2.35. The summed E-state index contributed by atoms with van der Waals surface area (Å²) in [4.78, 5) is 27.4. The van der Waals surface area contributed by atoms with Crippen molar-refractivity contribution in [2.45, 2.75) is 19.5 Å². The lowest BCUT2D eigenvalue weighted by molar-refractivity contribution is -0.148. The molecule has 0 fully saturated rings. The van der Waals surface area contributed by atoms with Gasteiger partial charge in [0.25, 0.3) is 5.91 Å². The molecule has 1 aliphatic rings. The topological polar surface area (TPSA) is 46.6 Å². The van der Waals surface area contributed by atoms with Crippen molar-refractivity contribution in [2.75, 3.05) is 6.61 Å².